The molecule has 1 aromatic rings. The second kappa shape index (κ2) is 3.37. The number of rotatable bonds is 2. The van der Waals surface area contributed by atoms with Gasteiger partial charge in [-0.1, -0.05) is 6.07 Å². The van der Waals surface area contributed by atoms with Gasteiger partial charge in [-0.05, 0) is 18.2 Å². The molecule has 1 aromatic carbocycles. The molecule has 0 atom stereocenters. The molecule has 0 fully saturated rings. The summed E-state index contributed by atoms with van der Waals surface area (Å²) in [6, 6.07) is 6.82. The highest BCUT2D eigenvalue weighted by Gasteiger charge is 2.00. The summed E-state index contributed by atoms with van der Waals surface area (Å²) >= 11 is 4.07. The summed E-state index contributed by atoms with van der Waals surface area (Å²) in [5.74, 6) is 0. The Balaban J connectivity index is 2.91. The van der Waals surface area contributed by atoms with E-state index in [-0.39, 0.29) is 0 Å². The van der Waals surface area contributed by atoms with Crippen LogP contribution in [-0.2, 0) is 10.0 Å². The lowest BCUT2D eigenvalue weighted by molar-refractivity contribution is 0.607. The summed E-state index contributed by atoms with van der Waals surface area (Å²) in [7, 11) is -3.18. The first kappa shape index (κ1) is 9.41. The molecule has 0 spiro atoms. The van der Waals surface area contributed by atoms with Gasteiger partial charge < -0.3 is 0 Å². The van der Waals surface area contributed by atoms with Crippen LogP contribution in [0.5, 0.6) is 0 Å². The Hall–Kier alpha value is -0.680. The molecule has 0 aliphatic carbocycles. The van der Waals surface area contributed by atoms with E-state index in [0.717, 1.165) is 11.2 Å². The lowest BCUT2D eigenvalue weighted by Gasteiger charge is -2.02. The van der Waals surface area contributed by atoms with E-state index < -0.39 is 10.0 Å². The number of thiol groups is 1. The largest absolute Gasteiger partial charge is 0.284 e. The van der Waals surface area contributed by atoms with E-state index in [0.29, 0.717) is 5.69 Å². The van der Waals surface area contributed by atoms with Gasteiger partial charge >= 0.3 is 0 Å². The number of hydrogen-bond acceptors (Lipinski definition) is 3. The molecule has 0 aromatic heterocycles. The third-order valence-electron chi connectivity index (χ3n) is 1.15. The zero-order chi connectivity index (χ0) is 9.19. The summed E-state index contributed by atoms with van der Waals surface area (Å²) in [4.78, 5) is 0.726. The Morgan fingerprint density at radius 1 is 1.42 bits per heavy atom. The first-order chi connectivity index (χ1) is 5.47. The summed E-state index contributed by atoms with van der Waals surface area (Å²) in [5.41, 5.74) is 0.532. The highest BCUT2D eigenvalue weighted by Crippen LogP contribution is 2.13. The molecule has 66 valence electrons. The van der Waals surface area contributed by atoms with Crippen LogP contribution in [0, 0.1) is 0 Å². The van der Waals surface area contributed by atoms with Crippen LogP contribution in [0.15, 0.2) is 29.2 Å². The Kier molecular flexibility index (Phi) is 2.64. The quantitative estimate of drug-likeness (QED) is 0.713. The van der Waals surface area contributed by atoms with Crippen LogP contribution >= 0.6 is 12.6 Å². The molecule has 12 heavy (non-hydrogen) atoms. The van der Waals surface area contributed by atoms with Gasteiger partial charge in [0.05, 0.1) is 6.26 Å². The van der Waals surface area contributed by atoms with Crippen LogP contribution in [0.3, 0.4) is 0 Å². The Morgan fingerprint density at radius 2 is 2.08 bits per heavy atom. The van der Waals surface area contributed by atoms with Gasteiger partial charge in [0.1, 0.15) is 0 Å². The first-order valence-corrected chi connectivity index (χ1v) is 5.58. The number of nitrogens with one attached hydrogen (secondary N) is 1. The topological polar surface area (TPSA) is 46.2 Å². The number of hydrogen-bond donors (Lipinski definition) is 2. The van der Waals surface area contributed by atoms with Gasteiger partial charge in [-0.15, -0.1) is 12.6 Å². The maximum Gasteiger partial charge on any atom is 0.229 e. The fourth-order valence-corrected chi connectivity index (χ4v) is 1.56. The van der Waals surface area contributed by atoms with E-state index in [9.17, 15) is 8.42 Å². The predicted molar refractivity (Wildman–Crippen MR) is 52.2 cm³/mol. The second-order valence-electron chi connectivity index (χ2n) is 2.42. The molecule has 0 aliphatic rings. The van der Waals surface area contributed by atoms with Crippen molar-refractivity contribution in [2.45, 2.75) is 4.90 Å². The van der Waals surface area contributed by atoms with Crippen LogP contribution in [-0.4, -0.2) is 14.7 Å². The zero-order valence-corrected chi connectivity index (χ0v) is 8.19. The summed E-state index contributed by atoms with van der Waals surface area (Å²) in [5, 5.41) is 0. The van der Waals surface area contributed by atoms with Gasteiger partial charge in [0, 0.05) is 10.6 Å². The molecular formula is C7H9NO2S2. The van der Waals surface area contributed by atoms with Crippen molar-refractivity contribution < 1.29 is 8.42 Å². The summed E-state index contributed by atoms with van der Waals surface area (Å²) in [6.07, 6.45) is 1.11. The summed E-state index contributed by atoms with van der Waals surface area (Å²) in [6.45, 7) is 0. The van der Waals surface area contributed by atoms with Crippen LogP contribution in [0.4, 0.5) is 5.69 Å². The maximum absolute atomic E-state index is 10.8. The molecule has 1 rings (SSSR count). The van der Waals surface area contributed by atoms with Crippen molar-refractivity contribution in [3.8, 4) is 0 Å². The zero-order valence-electron chi connectivity index (χ0n) is 6.48. The monoisotopic (exact) mass is 203 g/mol. The van der Waals surface area contributed by atoms with Crippen molar-refractivity contribution in [1.82, 2.24) is 0 Å². The lowest BCUT2D eigenvalue weighted by Crippen LogP contribution is -2.09. The Bertz CT molecular complexity index is 373. The molecule has 5 heteroatoms. The number of benzene rings is 1. The average molecular weight is 203 g/mol. The van der Waals surface area contributed by atoms with Gasteiger partial charge in [-0.2, -0.15) is 0 Å². The van der Waals surface area contributed by atoms with Crippen LogP contribution in [0.25, 0.3) is 0 Å². The van der Waals surface area contributed by atoms with Gasteiger partial charge in [-0.3, -0.25) is 4.72 Å². The second-order valence-corrected chi connectivity index (χ2v) is 4.69. The van der Waals surface area contributed by atoms with Crippen molar-refractivity contribution in [1.29, 1.82) is 0 Å². The van der Waals surface area contributed by atoms with Gasteiger partial charge in [0.2, 0.25) is 10.0 Å². The summed E-state index contributed by atoms with van der Waals surface area (Å²) < 4.78 is 23.9. The standard InChI is InChI=1S/C7H9NO2S2/c1-12(9,10)8-6-3-2-4-7(11)5-6/h2-5,8,11H,1H3. The fraction of sp³-hybridized carbons (Fsp3) is 0.143. The molecule has 0 amide bonds. The predicted octanol–water partition coefficient (Wildman–Crippen LogP) is 1.35. The Morgan fingerprint density at radius 3 is 2.58 bits per heavy atom. The van der Waals surface area contributed by atoms with E-state index in [4.69, 9.17) is 0 Å². The van der Waals surface area contributed by atoms with E-state index in [1.807, 2.05) is 0 Å². The van der Waals surface area contributed by atoms with Crippen molar-refractivity contribution in [2.24, 2.45) is 0 Å². The van der Waals surface area contributed by atoms with E-state index >= 15 is 0 Å². The highest BCUT2D eigenvalue weighted by molar-refractivity contribution is 7.92. The smallest absolute Gasteiger partial charge is 0.229 e. The molecule has 0 aliphatic heterocycles. The number of anilines is 1. The minimum Gasteiger partial charge on any atom is -0.284 e. The fourth-order valence-electron chi connectivity index (χ4n) is 0.783. The Labute approximate surface area is 77.3 Å². The third kappa shape index (κ3) is 3.15. The normalized spacial score (nSPS) is 11.2. The minimum absolute atomic E-state index is 0.532. The molecule has 0 unspecified atom stereocenters. The van der Waals surface area contributed by atoms with Crippen molar-refractivity contribution in [3.05, 3.63) is 24.3 Å². The van der Waals surface area contributed by atoms with Crippen molar-refractivity contribution in [2.75, 3.05) is 11.0 Å². The van der Waals surface area contributed by atoms with Crippen molar-refractivity contribution in [3.63, 3.8) is 0 Å². The average Bonchev–Trinajstić information content (AvgIpc) is 1.82. The van der Waals surface area contributed by atoms with E-state index in [1.165, 1.54) is 0 Å². The van der Waals surface area contributed by atoms with Crippen molar-refractivity contribution >= 4 is 28.3 Å². The lowest BCUT2D eigenvalue weighted by atomic mass is 10.3. The molecular weight excluding hydrogens is 194 g/mol. The van der Waals surface area contributed by atoms with E-state index in [2.05, 4.69) is 17.4 Å². The van der Waals surface area contributed by atoms with Crippen LogP contribution in [0.1, 0.15) is 0 Å². The van der Waals surface area contributed by atoms with Gasteiger partial charge in [-0.25, -0.2) is 8.42 Å². The van der Waals surface area contributed by atoms with Gasteiger partial charge in [0.25, 0.3) is 0 Å². The SMILES string of the molecule is CS(=O)(=O)Nc1cccc(S)c1. The molecule has 1 N–H and O–H groups in total. The highest BCUT2D eigenvalue weighted by atomic mass is 32.2. The molecule has 0 bridgehead atoms. The molecule has 0 heterocycles. The van der Waals surface area contributed by atoms with Crippen LogP contribution in [0.2, 0.25) is 0 Å². The third-order valence-corrected chi connectivity index (χ3v) is 2.03. The molecule has 3 nitrogen and oxygen atoms in total. The van der Waals surface area contributed by atoms with Crippen LogP contribution < -0.4 is 4.72 Å². The number of sulfonamides is 1. The first-order valence-electron chi connectivity index (χ1n) is 3.24. The molecule has 0 saturated carbocycles. The molecule has 0 saturated heterocycles. The van der Waals surface area contributed by atoms with Gasteiger partial charge in [0.15, 0.2) is 0 Å². The van der Waals surface area contributed by atoms with E-state index in [1.54, 1.807) is 24.3 Å². The maximum atomic E-state index is 10.8. The minimum atomic E-state index is -3.18. The molecule has 0 radical (unpaired) electrons.